The highest BCUT2D eigenvalue weighted by molar-refractivity contribution is 6.74. The van der Waals surface area contributed by atoms with E-state index in [1.807, 2.05) is 0 Å². The molecule has 1 atom stereocenters. The lowest BCUT2D eigenvalue weighted by atomic mass is 10.1. The van der Waals surface area contributed by atoms with Crippen molar-refractivity contribution in [3.63, 3.8) is 0 Å². The van der Waals surface area contributed by atoms with Crippen LogP contribution in [-0.2, 0) is 10.8 Å². The molecule has 0 aliphatic heterocycles. The molecule has 0 saturated heterocycles. The van der Waals surface area contributed by atoms with Gasteiger partial charge in [-0.1, -0.05) is 20.8 Å². The maximum absolute atomic E-state index is 11.3. The van der Waals surface area contributed by atoms with Crippen LogP contribution in [0.25, 0.3) is 0 Å². The number of carboxylic acid groups (broad SMARTS) is 1. The van der Waals surface area contributed by atoms with E-state index in [1.54, 1.807) is 12.3 Å². The number of hydrogen-bond acceptors (Lipinski definition) is 3. The molecule has 0 fully saturated rings. The first-order chi connectivity index (χ1) is 9.13. The van der Waals surface area contributed by atoms with E-state index in [4.69, 9.17) is 4.43 Å². The van der Waals surface area contributed by atoms with Gasteiger partial charge in [-0.05, 0) is 42.6 Å². The minimum atomic E-state index is -1.87. The first-order valence-corrected chi connectivity index (χ1v) is 9.93. The Kier molecular flexibility index (Phi) is 3.77. The summed E-state index contributed by atoms with van der Waals surface area (Å²) in [7, 11) is -1.87. The number of carbonyl (C=O) groups is 1. The van der Waals surface area contributed by atoms with Gasteiger partial charge in [-0.15, -0.1) is 0 Å². The lowest BCUT2D eigenvalue weighted by Crippen LogP contribution is -2.41. The summed E-state index contributed by atoms with van der Waals surface area (Å²) < 4.78 is 6.41. The van der Waals surface area contributed by atoms with Gasteiger partial charge >= 0.3 is 5.97 Å². The molecule has 1 aliphatic rings. The van der Waals surface area contributed by atoms with Gasteiger partial charge < -0.3 is 9.53 Å². The van der Waals surface area contributed by atoms with E-state index >= 15 is 0 Å². The summed E-state index contributed by atoms with van der Waals surface area (Å²) in [5.41, 5.74) is 2.05. The SMILES string of the molecule is CC(C)(C)[Si](C)(C)OC1CCc2c(C(=O)O)ccnc21. The number of aromatic nitrogens is 1. The average molecular weight is 293 g/mol. The van der Waals surface area contributed by atoms with Gasteiger partial charge in [0.2, 0.25) is 0 Å². The van der Waals surface area contributed by atoms with Crippen LogP contribution in [0.2, 0.25) is 18.1 Å². The van der Waals surface area contributed by atoms with E-state index < -0.39 is 14.3 Å². The fraction of sp³-hybridized carbons (Fsp3) is 0.600. The van der Waals surface area contributed by atoms with E-state index in [1.165, 1.54) is 0 Å². The Morgan fingerprint density at radius 3 is 2.65 bits per heavy atom. The van der Waals surface area contributed by atoms with Crippen LogP contribution in [0.1, 0.15) is 54.9 Å². The number of fused-ring (bicyclic) bond motifs is 1. The summed E-state index contributed by atoms with van der Waals surface area (Å²) >= 11 is 0. The summed E-state index contributed by atoms with van der Waals surface area (Å²) in [6, 6.07) is 1.58. The zero-order valence-electron chi connectivity index (χ0n) is 12.9. The highest BCUT2D eigenvalue weighted by Crippen LogP contribution is 2.43. The highest BCUT2D eigenvalue weighted by atomic mass is 28.4. The summed E-state index contributed by atoms with van der Waals surface area (Å²) in [6.07, 6.45) is 3.10. The minimum absolute atomic E-state index is 0.0507. The average Bonchev–Trinajstić information content (AvgIpc) is 2.70. The molecule has 1 aliphatic carbocycles. The van der Waals surface area contributed by atoms with Crippen molar-refractivity contribution < 1.29 is 14.3 Å². The molecule has 0 aromatic carbocycles. The Labute approximate surface area is 121 Å². The molecule has 4 nitrogen and oxygen atoms in total. The van der Waals surface area contributed by atoms with Crippen molar-refractivity contribution in [3.05, 3.63) is 29.1 Å². The van der Waals surface area contributed by atoms with Crippen LogP contribution in [-0.4, -0.2) is 24.4 Å². The standard InChI is InChI=1S/C15H23NO3Si/c1-15(2,3)20(4,5)19-12-7-6-10-11(14(17)18)8-9-16-13(10)12/h8-9,12H,6-7H2,1-5H3,(H,17,18). The van der Waals surface area contributed by atoms with E-state index in [2.05, 4.69) is 38.8 Å². The number of pyridine rings is 1. The van der Waals surface area contributed by atoms with Gasteiger partial charge in [-0.3, -0.25) is 4.98 Å². The van der Waals surface area contributed by atoms with Crippen LogP contribution in [0.15, 0.2) is 12.3 Å². The van der Waals surface area contributed by atoms with Crippen molar-refractivity contribution in [2.75, 3.05) is 0 Å². The number of aromatic carboxylic acids is 1. The molecule has 1 heterocycles. The largest absolute Gasteiger partial charge is 0.478 e. The van der Waals surface area contributed by atoms with Gasteiger partial charge in [0.1, 0.15) is 0 Å². The second kappa shape index (κ2) is 4.97. The smallest absolute Gasteiger partial charge is 0.336 e. The van der Waals surface area contributed by atoms with Gasteiger partial charge in [-0.2, -0.15) is 0 Å². The molecule has 0 bridgehead atoms. The molecule has 5 heteroatoms. The molecule has 110 valence electrons. The molecular weight excluding hydrogens is 270 g/mol. The predicted octanol–water partition coefficient (Wildman–Crippen LogP) is 3.79. The molecule has 0 saturated carbocycles. The van der Waals surface area contributed by atoms with E-state index in [0.29, 0.717) is 5.56 Å². The number of carboxylic acids is 1. The van der Waals surface area contributed by atoms with Crippen LogP contribution in [0.4, 0.5) is 0 Å². The monoisotopic (exact) mass is 293 g/mol. The first kappa shape index (κ1) is 15.2. The lowest BCUT2D eigenvalue weighted by molar-refractivity contribution is 0.0695. The van der Waals surface area contributed by atoms with Crippen molar-refractivity contribution >= 4 is 14.3 Å². The van der Waals surface area contributed by atoms with E-state index in [-0.39, 0.29) is 11.1 Å². The summed E-state index contributed by atoms with van der Waals surface area (Å²) in [6.45, 7) is 11.0. The van der Waals surface area contributed by atoms with Crippen molar-refractivity contribution in [3.8, 4) is 0 Å². The topological polar surface area (TPSA) is 59.4 Å². The van der Waals surface area contributed by atoms with Crippen LogP contribution in [0.3, 0.4) is 0 Å². The first-order valence-electron chi connectivity index (χ1n) is 7.02. The van der Waals surface area contributed by atoms with Gasteiger partial charge in [0.05, 0.1) is 17.4 Å². The molecule has 1 unspecified atom stereocenters. The molecule has 1 N–H and O–H groups in total. The van der Waals surface area contributed by atoms with Crippen molar-refractivity contribution in [2.45, 2.75) is 57.8 Å². The normalized spacial score (nSPS) is 18.9. The third-order valence-corrected chi connectivity index (χ3v) is 9.01. The Bertz CT molecular complexity index is 534. The zero-order chi connectivity index (χ0) is 15.1. The minimum Gasteiger partial charge on any atom is -0.478 e. The third kappa shape index (κ3) is 2.65. The molecule has 1 aromatic rings. The van der Waals surface area contributed by atoms with Crippen molar-refractivity contribution in [1.82, 2.24) is 4.98 Å². The summed E-state index contributed by atoms with van der Waals surface area (Å²) in [4.78, 5) is 15.6. The van der Waals surface area contributed by atoms with Gasteiger partial charge in [0.15, 0.2) is 8.32 Å². The molecule has 20 heavy (non-hydrogen) atoms. The van der Waals surface area contributed by atoms with Crippen LogP contribution < -0.4 is 0 Å². The Balaban J connectivity index is 2.30. The summed E-state index contributed by atoms with van der Waals surface area (Å²) in [5, 5.41) is 9.38. The number of hydrogen-bond donors (Lipinski definition) is 1. The Hall–Kier alpha value is -1.20. The molecule has 0 radical (unpaired) electrons. The highest BCUT2D eigenvalue weighted by Gasteiger charge is 2.41. The maximum Gasteiger partial charge on any atom is 0.336 e. The fourth-order valence-electron chi connectivity index (χ4n) is 2.31. The summed E-state index contributed by atoms with van der Waals surface area (Å²) in [5.74, 6) is -0.878. The van der Waals surface area contributed by atoms with Gasteiger partial charge in [-0.25, -0.2) is 4.79 Å². The molecule has 0 amide bonds. The number of nitrogens with zero attached hydrogens (tertiary/aromatic N) is 1. The van der Waals surface area contributed by atoms with Crippen LogP contribution >= 0.6 is 0 Å². The van der Waals surface area contributed by atoms with Crippen LogP contribution in [0.5, 0.6) is 0 Å². The fourth-order valence-corrected chi connectivity index (χ4v) is 3.60. The molecule has 0 spiro atoms. The third-order valence-electron chi connectivity index (χ3n) is 4.52. The maximum atomic E-state index is 11.3. The van der Waals surface area contributed by atoms with E-state index in [0.717, 1.165) is 24.1 Å². The zero-order valence-corrected chi connectivity index (χ0v) is 13.9. The van der Waals surface area contributed by atoms with Gasteiger partial charge in [0, 0.05) is 6.20 Å². The molecule has 1 aromatic heterocycles. The van der Waals surface area contributed by atoms with Crippen LogP contribution in [0, 0.1) is 0 Å². The second-order valence-electron chi connectivity index (χ2n) is 6.93. The number of rotatable bonds is 3. The predicted molar refractivity (Wildman–Crippen MR) is 80.5 cm³/mol. The van der Waals surface area contributed by atoms with E-state index in [9.17, 15) is 9.90 Å². The lowest BCUT2D eigenvalue weighted by Gasteiger charge is -2.38. The molecule has 2 rings (SSSR count). The quantitative estimate of drug-likeness (QED) is 0.861. The second-order valence-corrected chi connectivity index (χ2v) is 11.7. The Morgan fingerprint density at radius 2 is 2.10 bits per heavy atom. The van der Waals surface area contributed by atoms with Gasteiger partial charge in [0.25, 0.3) is 0 Å². The Morgan fingerprint density at radius 1 is 1.45 bits per heavy atom. The van der Waals surface area contributed by atoms with Crippen molar-refractivity contribution in [1.29, 1.82) is 0 Å². The molecular formula is C15H23NO3Si. The van der Waals surface area contributed by atoms with Crippen molar-refractivity contribution in [2.24, 2.45) is 0 Å².